The van der Waals surface area contributed by atoms with Crippen LogP contribution in [0.4, 0.5) is 0 Å². The van der Waals surface area contributed by atoms with E-state index in [0.717, 1.165) is 17.7 Å². The molecule has 1 atom stereocenters. The fourth-order valence-corrected chi connectivity index (χ4v) is 2.81. The lowest BCUT2D eigenvalue weighted by Gasteiger charge is -2.19. The lowest BCUT2D eigenvalue weighted by Crippen LogP contribution is -2.26. The minimum Gasteiger partial charge on any atom is -0.496 e. The number of hydrogen-bond donors (Lipinski definition) is 1. The molecule has 0 fully saturated rings. The van der Waals surface area contributed by atoms with Crippen molar-refractivity contribution in [1.29, 1.82) is 0 Å². The minimum absolute atomic E-state index is 0.0143. The van der Waals surface area contributed by atoms with Gasteiger partial charge in [-0.25, -0.2) is 0 Å². The van der Waals surface area contributed by atoms with Crippen LogP contribution in [-0.2, 0) is 4.79 Å². The van der Waals surface area contributed by atoms with Gasteiger partial charge in [0.25, 0.3) is 0 Å². The number of methoxy groups -OCH3 is 1. The zero-order valence-electron chi connectivity index (χ0n) is 14.8. The van der Waals surface area contributed by atoms with Crippen LogP contribution >= 0.6 is 0 Å². The van der Waals surface area contributed by atoms with Crippen LogP contribution < -0.4 is 10.1 Å². The van der Waals surface area contributed by atoms with Gasteiger partial charge in [0, 0.05) is 11.6 Å². The average Bonchev–Trinajstić information content (AvgIpc) is 2.58. The van der Waals surface area contributed by atoms with E-state index in [1.165, 1.54) is 16.7 Å². The number of carbonyl (C=O) groups is 1. The van der Waals surface area contributed by atoms with Crippen molar-refractivity contribution in [2.45, 2.75) is 33.2 Å². The van der Waals surface area contributed by atoms with E-state index in [2.05, 4.69) is 44.3 Å². The third-order valence-electron chi connectivity index (χ3n) is 4.08. The number of nitrogens with one attached hydrogen (secondary N) is 1. The molecule has 2 rings (SSSR count). The number of aryl methyl sites for hydroxylation is 2. The highest BCUT2D eigenvalue weighted by molar-refractivity contribution is 5.92. The Kier molecular flexibility index (Phi) is 6.19. The largest absolute Gasteiger partial charge is 0.496 e. The number of ether oxygens (including phenoxy) is 1. The van der Waals surface area contributed by atoms with Crippen molar-refractivity contribution < 1.29 is 9.53 Å². The van der Waals surface area contributed by atoms with Gasteiger partial charge >= 0.3 is 0 Å². The molecular weight excluding hydrogens is 298 g/mol. The van der Waals surface area contributed by atoms with Gasteiger partial charge in [0.2, 0.25) is 5.91 Å². The van der Waals surface area contributed by atoms with Crippen LogP contribution in [-0.4, -0.2) is 13.0 Å². The van der Waals surface area contributed by atoms with Crippen LogP contribution in [0.1, 0.15) is 41.6 Å². The van der Waals surface area contributed by atoms with Crippen molar-refractivity contribution in [3.05, 3.63) is 70.8 Å². The van der Waals surface area contributed by atoms with Gasteiger partial charge in [0.15, 0.2) is 0 Å². The summed E-state index contributed by atoms with van der Waals surface area (Å²) >= 11 is 0. The van der Waals surface area contributed by atoms with Crippen LogP contribution in [0.25, 0.3) is 6.08 Å². The van der Waals surface area contributed by atoms with Crippen molar-refractivity contribution in [3.63, 3.8) is 0 Å². The SMILES string of the molecule is CC[C@@H](NC(=O)/C=C/c1ccccc1OC)c1ccc(C)cc1C. The number of amides is 1. The molecule has 3 heteroatoms. The zero-order valence-corrected chi connectivity index (χ0v) is 14.8. The van der Waals surface area contributed by atoms with Gasteiger partial charge in [-0.15, -0.1) is 0 Å². The van der Waals surface area contributed by atoms with E-state index in [1.54, 1.807) is 19.3 Å². The van der Waals surface area contributed by atoms with E-state index >= 15 is 0 Å². The van der Waals surface area contributed by atoms with Gasteiger partial charge < -0.3 is 10.1 Å². The van der Waals surface area contributed by atoms with Crippen molar-refractivity contribution >= 4 is 12.0 Å². The maximum Gasteiger partial charge on any atom is 0.244 e. The highest BCUT2D eigenvalue weighted by atomic mass is 16.5. The van der Waals surface area contributed by atoms with E-state index < -0.39 is 0 Å². The van der Waals surface area contributed by atoms with E-state index in [0.29, 0.717) is 0 Å². The van der Waals surface area contributed by atoms with Gasteiger partial charge in [-0.1, -0.05) is 48.9 Å². The molecule has 3 nitrogen and oxygen atoms in total. The number of rotatable bonds is 6. The Labute approximate surface area is 144 Å². The Balaban J connectivity index is 2.10. The van der Waals surface area contributed by atoms with Crippen LogP contribution in [0.2, 0.25) is 0 Å². The van der Waals surface area contributed by atoms with Crippen molar-refractivity contribution in [1.82, 2.24) is 5.32 Å². The number of hydrogen-bond acceptors (Lipinski definition) is 2. The number of benzene rings is 2. The highest BCUT2D eigenvalue weighted by Crippen LogP contribution is 2.22. The quantitative estimate of drug-likeness (QED) is 0.789. The summed E-state index contributed by atoms with van der Waals surface area (Å²) in [6.45, 7) is 6.24. The first-order valence-electron chi connectivity index (χ1n) is 8.24. The second-order valence-corrected chi connectivity index (χ2v) is 5.90. The van der Waals surface area contributed by atoms with Gasteiger partial charge in [-0.2, -0.15) is 0 Å². The molecule has 0 aliphatic rings. The molecule has 0 saturated carbocycles. The molecule has 1 N–H and O–H groups in total. The van der Waals surface area contributed by atoms with Gasteiger partial charge in [0.05, 0.1) is 13.2 Å². The van der Waals surface area contributed by atoms with Gasteiger partial charge in [-0.3, -0.25) is 4.79 Å². The minimum atomic E-state index is -0.104. The normalized spacial score (nSPS) is 12.2. The molecular formula is C21H25NO2. The van der Waals surface area contributed by atoms with Crippen LogP contribution in [0.5, 0.6) is 5.75 Å². The topological polar surface area (TPSA) is 38.3 Å². The second kappa shape index (κ2) is 8.34. The van der Waals surface area contributed by atoms with Gasteiger partial charge in [-0.05, 0) is 43.5 Å². The molecule has 0 aliphatic carbocycles. The Morgan fingerprint density at radius 2 is 1.96 bits per heavy atom. The lowest BCUT2D eigenvalue weighted by molar-refractivity contribution is -0.117. The predicted molar refractivity (Wildman–Crippen MR) is 99.1 cm³/mol. The summed E-state index contributed by atoms with van der Waals surface area (Å²) in [5.74, 6) is 0.649. The van der Waals surface area contributed by atoms with Crippen molar-refractivity contribution in [2.75, 3.05) is 7.11 Å². The highest BCUT2D eigenvalue weighted by Gasteiger charge is 2.13. The molecule has 1 amide bonds. The van der Waals surface area contributed by atoms with Crippen LogP contribution in [0.15, 0.2) is 48.5 Å². The monoisotopic (exact) mass is 323 g/mol. The summed E-state index contributed by atoms with van der Waals surface area (Å²) < 4.78 is 5.29. The second-order valence-electron chi connectivity index (χ2n) is 5.90. The van der Waals surface area contributed by atoms with E-state index in [1.807, 2.05) is 24.3 Å². The maximum absolute atomic E-state index is 12.3. The molecule has 0 heterocycles. The molecule has 0 aliphatic heterocycles. The van der Waals surface area contributed by atoms with Crippen molar-refractivity contribution in [2.24, 2.45) is 0 Å². The Hall–Kier alpha value is -2.55. The third kappa shape index (κ3) is 4.48. The molecule has 0 unspecified atom stereocenters. The Morgan fingerprint density at radius 3 is 2.62 bits per heavy atom. The summed E-state index contributed by atoms with van der Waals surface area (Å²) in [6, 6.07) is 14.0. The molecule has 0 radical (unpaired) electrons. The summed E-state index contributed by atoms with van der Waals surface area (Å²) in [5.41, 5.74) is 4.49. The maximum atomic E-state index is 12.3. The molecule has 0 bridgehead atoms. The first-order valence-corrected chi connectivity index (χ1v) is 8.24. The first-order chi connectivity index (χ1) is 11.5. The number of carbonyl (C=O) groups excluding carboxylic acids is 1. The fourth-order valence-electron chi connectivity index (χ4n) is 2.81. The molecule has 0 aromatic heterocycles. The van der Waals surface area contributed by atoms with E-state index in [4.69, 9.17) is 4.74 Å². The van der Waals surface area contributed by atoms with E-state index in [-0.39, 0.29) is 11.9 Å². The molecule has 126 valence electrons. The van der Waals surface area contributed by atoms with Gasteiger partial charge in [0.1, 0.15) is 5.75 Å². The average molecular weight is 323 g/mol. The molecule has 2 aromatic rings. The Morgan fingerprint density at radius 1 is 1.21 bits per heavy atom. The standard InChI is InChI=1S/C21H25NO2/c1-5-19(18-12-10-15(2)14-16(18)3)22-21(23)13-11-17-8-6-7-9-20(17)24-4/h6-14,19H,5H2,1-4H3,(H,22,23)/b13-11+/t19-/m1/s1. The summed E-state index contributed by atoms with van der Waals surface area (Å²) in [7, 11) is 1.63. The van der Waals surface area contributed by atoms with E-state index in [9.17, 15) is 4.79 Å². The molecule has 0 spiro atoms. The fraction of sp³-hybridized carbons (Fsp3) is 0.286. The molecule has 0 saturated heterocycles. The van der Waals surface area contributed by atoms with Crippen LogP contribution in [0.3, 0.4) is 0 Å². The summed E-state index contributed by atoms with van der Waals surface area (Å²) in [4.78, 5) is 12.3. The smallest absolute Gasteiger partial charge is 0.244 e. The third-order valence-corrected chi connectivity index (χ3v) is 4.08. The van der Waals surface area contributed by atoms with Crippen LogP contribution in [0, 0.1) is 13.8 Å². The first kappa shape index (κ1) is 17.8. The molecule has 2 aromatic carbocycles. The predicted octanol–water partition coefficient (Wildman–Crippen LogP) is 4.59. The summed E-state index contributed by atoms with van der Waals surface area (Å²) in [5, 5.41) is 3.08. The number of para-hydroxylation sites is 1. The lowest BCUT2D eigenvalue weighted by atomic mass is 9.97. The molecule has 24 heavy (non-hydrogen) atoms. The Bertz CT molecular complexity index is 734. The zero-order chi connectivity index (χ0) is 17.5. The summed E-state index contributed by atoms with van der Waals surface area (Å²) in [6.07, 6.45) is 4.19. The van der Waals surface area contributed by atoms with Crippen molar-refractivity contribution in [3.8, 4) is 5.75 Å².